The van der Waals surface area contributed by atoms with Gasteiger partial charge >= 0.3 is 0 Å². The Morgan fingerprint density at radius 2 is 1.84 bits per heavy atom. The number of carbonyl (C=O) groups excluding carboxylic acids is 1. The Morgan fingerprint density at radius 3 is 2.56 bits per heavy atom. The van der Waals surface area contributed by atoms with E-state index in [1.165, 1.54) is 11.3 Å². The molecule has 1 fully saturated rings. The number of nitrogens with zero attached hydrogens (tertiary/aromatic N) is 2. The van der Waals surface area contributed by atoms with Gasteiger partial charge in [-0.2, -0.15) is 0 Å². The second-order valence-electron chi connectivity index (χ2n) is 6.12. The molecule has 0 atom stereocenters. The molecule has 132 valence electrons. The topological polar surface area (TPSA) is 32.8 Å². The molecule has 1 saturated heterocycles. The lowest BCUT2D eigenvalue weighted by Crippen LogP contribution is -2.49. The van der Waals surface area contributed by atoms with Crippen LogP contribution in [0.2, 0.25) is 0 Å². The summed E-state index contributed by atoms with van der Waals surface area (Å²) in [6.45, 7) is 5.48. The predicted molar refractivity (Wildman–Crippen MR) is 104 cm³/mol. The van der Waals surface area contributed by atoms with Gasteiger partial charge in [0.25, 0.3) is 0 Å². The molecule has 0 aliphatic carbocycles. The van der Waals surface area contributed by atoms with E-state index in [0.29, 0.717) is 5.75 Å². The Kier molecular flexibility index (Phi) is 5.87. The largest absolute Gasteiger partial charge is 0.497 e. The van der Waals surface area contributed by atoms with E-state index in [0.717, 1.165) is 36.8 Å². The zero-order valence-electron chi connectivity index (χ0n) is 14.8. The van der Waals surface area contributed by atoms with Crippen LogP contribution < -0.4 is 9.64 Å². The van der Waals surface area contributed by atoms with Gasteiger partial charge in [0, 0.05) is 36.8 Å². The average Bonchev–Trinajstić information content (AvgIpc) is 2.67. The van der Waals surface area contributed by atoms with E-state index in [4.69, 9.17) is 4.74 Å². The van der Waals surface area contributed by atoms with E-state index in [9.17, 15) is 4.79 Å². The molecule has 2 aromatic carbocycles. The van der Waals surface area contributed by atoms with Crippen LogP contribution in [0, 0.1) is 6.92 Å². The molecule has 5 heteroatoms. The molecule has 0 radical (unpaired) electrons. The maximum atomic E-state index is 12.5. The van der Waals surface area contributed by atoms with Crippen LogP contribution in [0.4, 0.5) is 5.69 Å². The Balaban J connectivity index is 1.50. The number of aryl methyl sites for hydroxylation is 1. The molecule has 0 aromatic heterocycles. The van der Waals surface area contributed by atoms with E-state index < -0.39 is 0 Å². The number of anilines is 1. The van der Waals surface area contributed by atoms with Crippen molar-refractivity contribution in [2.45, 2.75) is 11.8 Å². The van der Waals surface area contributed by atoms with Crippen LogP contribution in [0.5, 0.6) is 5.75 Å². The van der Waals surface area contributed by atoms with Gasteiger partial charge in [0.15, 0.2) is 0 Å². The van der Waals surface area contributed by atoms with Crippen molar-refractivity contribution in [3.05, 3.63) is 54.1 Å². The summed E-state index contributed by atoms with van der Waals surface area (Å²) in [5, 5.41) is 0. The predicted octanol–water partition coefficient (Wildman–Crippen LogP) is 3.44. The molecule has 1 amide bonds. The lowest BCUT2D eigenvalue weighted by Gasteiger charge is -2.36. The number of thioether (sulfide) groups is 1. The number of benzene rings is 2. The van der Waals surface area contributed by atoms with Gasteiger partial charge < -0.3 is 14.5 Å². The Hall–Kier alpha value is -2.14. The van der Waals surface area contributed by atoms with E-state index in [1.54, 1.807) is 18.9 Å². The molecular weight excluding hydrogens is 332 g/mol. The van der Waals surface area contributed by atoms with Crippen molar-refractivity contribution in [3.63, 3.8) is 0 Å². The maximum Gasteiger partial charge on any atom is 0.233 e. The van der Waals surface area contributed by atoms with Gasteiger partial charge in [0.2, 0.25) is 5.91 Å². The van der Waals surface area contributed by atoms with Crippen molar-refractivity contribution in [1.82, 2.24) is 4.90 Å². The van der Waals surface area contributed by atoms with Crippen LogP contribution in [-0.2, 0) is 4.79 Å². The molecule has 2 aromatic rings. The van der Waals surface area contributed by atoms with Crippen molar-refractivity contribution in [1.29, 1.82) is 0 Å². The van der Waals surface area contributed by atoms with Crippen LogP contribution >= 0.6 is 11.8 Å². The first-order chi connectivity index (χ1) is 12.2. The molecule has 25 heavy (non-hydrogen) atoms. The normalized spacial score (nSPS) is 14.5. The minimum atomic E-state index is 0.206. The van der Waals surface area contributed by atoms with Crippen LogP contribution in [0.25, 0.3) is 0 Å². The van der Waals surface area contributed by atoms with E-state index >= 15 is 0 Å². The van der Waals surface area contributed by atoms with Crippen LogP contribution in [0.3, 0.4) is 0 Å². The number of carbonyl (C=O) groups is 1. The first kappa shape index (κ1) is 17.7. The molecule has 0 bridgehead atoms. The third-order valence-electron chi connectivity index (χ3n) is 4.49. The molecule has 0 spiro atoms. The Bertz CT molecular complexity index is 727. The highest BCUT2D eigenvalue weighted by atomic mass is 32.2. The van der Waals surface area contributed by atoms with Crippen molar-refractivity contribution < 1.29 is 9.53 Å². The van der Waals surface area contributed by atoms with Gasteiger partial charge in [0.05, 0.1) is 12.9 Å². The van der Waals surface area contributed by atoms with E-state index in [1.807, 2.05) is 29.2 Å². The molecular formula is C20H24N2O2S. The fourth-order valence-electron chi connectivity index (χ4n) is 3.04. The number of amides is 1. The average molecular weight is 356 g/mol. The quantitative estimate of drug-likeness (QED) is 0.769. The Morgan fingerprint density at radius 1 is 1.08 bits per heavy atom. The summed E-state index contributed by atoms with van der Waals surface area (Å²) in [5.74, 6) is 1.50. The fraction of sp³-hybridized carbons (Fsp3) is 0.350. The molecule has 0 unspecified atom stereocenters. The highest BCUT2D eigenvalue weighted by Crippen LogP contribution is 2.24. The van der Waals surface area contributed by atoms with Gasteiger partial charge in [-0.05, 0) is 36.8 Å². The second-order valence-corrected chi connectivity index (χ2v) is 7.17. The first-order valence-electron chi connectivity index (χ1n) is 8.52. The molecule has 1 aliphatic rings. The minimum absolute atomic E-state index is 0.206. The van der Waals surface area contributed by atoms with Crippen molar-refractivity contribution in [2.75, 3.05) is 43.9 Å². The lowest BCUT2D eigenvalue weighted by molar-refractivity contribution is -0.128. The standard InChI is InChI=1S/C20H24N2O2S/c1-16-6-3-4-9-19(16)21-10-12-22(13-11-21)20(23)15-25-18-8-5-7-17(14-18)24-2/h3-9,14H,10-13,15H2,1-2H3. The number of piperazine rings is 1. The van der Waals surface area contributed by atoms with Gasteiger partial charge in [-0.3, -0.25) is 4.79 Å². The Labute approximate surface area is 153 Å². The molecule has 0 saturated carbocycles. The first-order valence-corrected chi connectivity index (χ1v) is 9.51. The summed E-state index contributed by atoms with van der Waals surface area (Å²) in [4.78, 5) is 17.9. The van der Waals surface area contributed by atoms with E-state index in [2.05, 4.69) is 36.1 Å². The molecule has 4 nitrogen and oxygen atoms in total. The smallest absolute Gasteiger partial charge is 0.233 e. The minimum Gasteiger partial charge on any atom is -0.497 e. The summed E-state index contributed by atoms with van der Waals surface area (Å²) < 4.78 is 5.23. The summed E-state index contributed by atoms with van der Waals surface area (Å²) >= 11 is 1.57. The van der Waals surface area contributed by atoms with Crippen molar-refractivity contribution in [3.8, 4) is 5.75 Å². The number of ether oxygens (including phenoxy) is 1. The summed E-state index contributed by atoms with van der Waals surface area (Å²) in [5.41, 5.74) is 2.57. The van der Waals surface area contributed by atoms with Gasteiger partial charge in [-0.1, -0.05) is 24.3 Å². The highest BCUT2D eigenvalue weighted by molar-refractivity contribution is 8.00. The summed E-state index contributed by atoms with van der Waals surface area (Å²) in [6, 6.07) is 16.3. The van der Waals surface area contributed by atoms with Crippen LogP contribution in [0.1, 0.15) is 5.56 Å². The molecule has 1 aliphatic heterocycles. The monoisotopic (exact) mass is 356 g/mol. The lowest BCUT2D eigenvalue weighted by atomic mass is 10.1. The highest BCUT2D eigenvalue weighted by Gasteiger charge is 2.21. The number of methoxy groups -OCH3 is 1. The van der Waals surface area contributed by atoms with Crippen molar-refractivity contribution >= 4 is 23.4 Å². The van der Waals surface area contributed by atoms with Gasteiger partial charge in [-0.25, -0.2) is 0 Å². The van der Waals surface area contributed by atoms with Gasteiger partial charge in [0.1, 0.15) is 5.75 Å². The SMILES string of the molecule is COc1cccc(SCC(=O)N2CCN(c3ccccc3C)CC2)c1. The zero-order chi connectivity index (χ0) is 17.6. The van der Waals surface area contributed by atoms with Crippen LogP contribution in [-0.4, -0.2) is 49.8 Å². The maximum absolute atomic E-state index is 12.5. The van der Waals surface area contributed by atoms with Crippen molar-refractivity contribution in [2.24, 2.45) is 0 Å². The number of para-hydroxylation sites is 1. The third kappa shape index (κ3) is 4.48. The summed E-state index contributed by atoms with van der Waals surface area (Å²) in [6.07, 6.45) is 0. The number of hydrogen-bond donors (Lipinski definition) is 0. The summed E-state index contributed by atoms with van der Waals surface area (Å²) in [7, 11) is 1.66. The number of hydrogen-bond acceptors (Lipinski definition) is 4. The zero-order valence-corrected chi connectivity index (χ0v) is 15.6. The van der Waals surface area contributed by atoms with Crippen LogP contribution in [0.15, 0.2) is 53.4 Å². The number of rotatable bonds is 5. The fourth-order valence-corrected chi connectivity index (χ4v) is 3.89. The molecule has 0 N–H and O–H groups in total. The van der Waals surface area contributed by atoms with Gasteiger partial charge in [-0.15, -0.1) is 11.8 Å². The molecule has 3 rings (SSSR count). The third-order valence-corrected chi connectivity index (χ3v) is 5.47. The molecule has 1 heterocycles. The second kappa shape index (κ2) is 8.30. The van der Waals surface area contributed by atoms with E-state index in [-0.39, 0.29) is 5.91 Å².